The second kappa shape index (κ2) is 6.87. The van der Waals surface area contributed by atoms with Crippen molar-refractivity contribution in [3.8, 4) is 0 Å². The first-order chi connectivity index (χ1) is 11.7. The molecule has 3 aliphatic rings. The fourth-order valence-corrected chi connectivity index (χ4v) is 5.16. The Bertz CT molecular complexity index is 591. The summed E-state index contributed by atoms with van der Waals surface area (Å²) in [4.78, 5) is 17.3. The maximum atomic E-state index is 12.7. The fourth-order valence-electron chi connectivity index (χ4n) is 5.16. The van der Waals surface area contributed by atoms with Crippen LogP contribution in [0.25, 0.3) is 0 Å². The van der Waals surface area contributed by atoms with Crippen LogP contribution in [0.3, 0.4) is 0 Å². The third kappa shape index (κ3) is 3.37. The number of piperazine rings is 1. The molecule has 24 heavy (non-hydrogen) atoms. The quantitative estimate of drug-likeness (QED) is 0.846. The van der Waals surface area contributed by atoms with Crippen molar-refractivity contribution in [1.82, 2.24) is 9.80 Å². The second-order valence-electron chi connectivity index (χ2n) is 8.22. The Balaban J connectivity index is 1.25. The highest BCUT2D eigenvalue weighted by Crippen LogP contribution is 2.49. The van der Waals surface area contributed by atoms with E-state index in [4.69, 9.17) is 0 Å². The van der Waals surface area contributed by atoms with E-state index in [1.54, 1.807) is 0 Å². The monoisotopic (exact) mass is 326 g/mol. The summed E-state index contributed by atoms with van der Waals surface area (Å²) in [5.74, 6) is 2.92. The van der Waals surface area contributed by atoms with Crippen molar-refractivity contribution in [3.05, 3.63) is 35.4 Å². The average Bonchev–Trinajstić information content (AvgIpc) is 3.20. The van der Waals surface area contributed by atoms with Gasteiger partial charge in [0, 0.05) is 39.1 Å². The smallest absolute Gasteiger partial charge is 0.222 e. The number of benzene rings is 1. The van der Waals surface area contributed by atoms with Crippen LogP contribution in [0.4, 0.5) is 0 Å². The van der Waals surface area contributed by atoms with Gasteiger partial charge in [-0.25, -0.2) is 0 Å². The first-order valence-electron chi connectivity index (χ1n) is 9.73. The minimum Gasteiger partial charge on any atom is -0.340 e. The van der Waals surface area contributed by atoms with Crippen LogP contribution < -0.4 is 0 Å². The van der Waals surface area contributed by atoms with Crippen molar-refractivity contribution in [3.63, 3.8) is 0 Å². The van der Waals surface area contributed by atoms with Gasteiger partial charge in [0.1, 0.15) is 0 Å². The number of nitrogens with zero attached hydrogens (tertiary/aromatic N) is 2. The van der Waals surface area contributed by atoms with Gasteiger partial charge in [-0.3, -0.25) is 9.69 Å². The number of carbonyl (C=O) groups excluding carboxylic acids is 1. The van der Waals surface area contributed by atoms with Gasteiger partial charge in [-0.1, -0.05) is 30.7 Å². The molecule has 3 nitrogen and oxygen atoms in total. The lowest BCUT2D eigenvalue weighted by molar-refractivity contribution is -0.134. The van der Waals surface area contributed by atoms with E-state index < -0.39 is 0 Å². The van der Waals surface area contributed by atoms with Gasteiger partial charge < -0.3 is 4.90 Å². The highest BCUT2D eigenvalue weighted by atomic mass is 16.2. The Labute approximate surface area is 146 Å². The summed E-state index contributed by atoms with van der Waals surface area (Å²) in [5, 5.41) is 0. The Morgan fingerprint density at radius 2 is 1.88 bits per heavy atom. The zero-order valence-electron chi connectivity index (χ0n) is 14.9. The molecule has 130 valence electrons. The van der Waals surface area contributed by atoms with Crippen LogP contribution in [-0.2, 0) is 11.3 Å². The van der Waals surface area contributed by atoms with Crippen LogP contribution in [0.2, 0.25) is 0 Å². The van der Waals surface area contributed by atoms with E-state index >= 15 is 0 Å². The van der Waals surface area contributed by atoms with Crippen LogP contribution >= 0.6 is 0 Å². The van der Waals surface area contributed by atoms with Gasteiger partial charge in [0.05, 0.1) is 0 Å². The molecule has 2 saturated carbocycles. The number of fused-ring (bicyclic) bond motifs is 2. The lowest BCUT2D eigenvalue weighted by Crippen LogP contribution is -2.48. The van der Waals surface area contributed by atoms with Crippen molar-refractivity contribution in [2.45, 2.75) is 45.6 Å². The van der Waals surface area contributed by atoms with Crippen molar-refractivity contribution >= 4 is 5.91 Å². The molecule has 0 N–H and O–H groups in total. The summed E-state index contributed by atoms with van der Waals surface area (Å²) in [5.41, 5.74) is 2.78. The van der Waals surface area contributed by atoms with E-state index in [9.17, 15) is 4.79 Å². The third-order valence-electron chi connectivity index (χ3n) is 6.70. The van der Waals surface area contributed by atoms with Crippen molar-refractivity contribution in [2.24, 2.45) is 17.8 Å². The molecule has 3 heteroatoms. The number of aryl methyl sites for hydroxylation is 1. The first-order valence-corrected chi connectivity index (χ1v) is 9.73. The topological polar surface area (TPSA) is 23.6 Å². The highest BCUT2D eigenvalue weighted by molar-refractivity contribution is 5.76. The summed E-state index contributed by atoms with van der Waals surface area (Å²) >= 11 is 0. The summed E-state index contributed by atoms with van der Waals surface area (Å²) < 4.78 is 0. The molecule has 1 heterocycles. The zero-order valence-corrected chi connectivity index (χ0v) is 14.9. The van der Waals surface area contributed by atoms with E-state index in [1.807, 2.05) is 0 Å². The molecule has 1 aromatic rings. The Kier molecular flexibility index (Phi) is 4.62. The molecule has 1 aliphatic heterocycles. The lowest BCUT2D eigenvalue weighted by atomic mass is 9.86. The number of hydrogen-bond donors (Lipinski definition) is 0. The summed E-state index contributed by atoms with van der Waals surface area (Å²) in [6.45, 7) is 7.04. The minimum atomic E-state index is 0.420. The number of hydrogen-bond acceptors (Lipinski definition) is 2. The summed E-state index contributed by atoms with van der Waals surface area (Å²) in [7, 11) is 0. The molecule has 2 aliphatic carbocycles. The zero-order chi connectivity index (χ0) is 16.5. The molecule has 4 rings (SSSR count). The molecular weight excluding hydrogens is 296 g/mol. The SMILES string of the molecule is Cc1ccccc1CN1CCN(C(=O)CC2CC3CCC2C3)CC1. The van der Waals surface area contributed by atoms with Crippen LogP contribution in [0.5, 0.6) is 0 Å². The Morgan fingerprint density at radius 1 is 1.08 bits per heavy atom. The first kappa shape index (κ1) is 16.1. The molecule has 1 amide bonds. The van der Waals surface area contributed by atoms with Crippen LogP contribution in [-0.4, -0.2) is 41.9 Å². The van der Waals surface area contributed by atoms with E-state index in [-0.39, 0.29) is 0 Å². The van der Waals surface area contributed by atoms with E-state index in [2.05, 4.69) is 41.0 Å². The van der Waals surface area contributed by atoms with Gasteiger partial charge >= 0.3 is 0 Å². The molecule has 0 aromatic heterocycles. The molecule has 2 bridgehead atoms. The Hall–Kier alpha value is -1.35. The van der Waals surface area contributed by atoms with Crippen molar-refractivity contribution < 1.29 is 4.79 Å². The maximum absolute atomic E-state index is 12.7. The normalized spacial score (nSPS) is 30.0. The second-order valence-corrected chi connectivity index (χ2v) is 8.22. The molecular formula is C21H30N2O. The molecule has 3 atom stereocenters. The summed E-state index contributed by atoms with van der Waals surface area (Å²) in [6.07, 6.45) is 6.35. The molecule has 0 spiro atoms. The Morgan fingerprint density at radius 3 is 2.54 bits per heavy atom. The van der Waals surface area contributed by atoms with Gasteiger partial charge in [-0.2, -0.15) is 0 Å². The molecule has 3 unspecified atom stereocenters. The number of amides is 1. The fraction of sp³-hybridized carbons (Fsp3) is 0.667. The van der Waals surface area contributed by atoms with Crippen LogP contribution in [0.15, 0.2) is 24.3 Å². The van der Waals surface area contributed by atoms with Gasteiger partial charge in [-0.15, -0.1) is 0 Å². The maximum Gasteiger partial charge on any atom is 0.222 e. The van der Waals surface area contributed by atoms with Crippen molar-refractivity contribution in [1.29, 1.82) is 0 Å². The van der Waals surface area contributed by atoms with E-state index in [1.165, 1.54) is 36.8 Å². The molecule has 1 aromatic carbocycles. The summed E-state index contributed by atoms with van der Waals surface area (Å²) in [6, 6.07) is 8.63. The van der Waals surface area contributed by atoms with Gasteiger partial charge in [0.25, 0.3) is 0 Å². The van der Waals surface area contributed by atoms with E-state index in [0.29, 0.717) is 11.8 Å². The van der Waals surface area contributed by atoms with Crippen LogP contribution in [0.1, 0.15) is 43.2 Å². The largest absolute Gasteiger partial charge is 0.340 e. The third-order valence-corrected chi connectivity index (χ3v) is 6.70. The minimum absolute atomic E-state index is 0.420. The number of carbonyl (C=O) groups is 1. The predicted octanol–water partition coefficient (Wildman–Crippen LogP) is 3.47. The number of rotatable bonds is 4. The van der Waals surface area contributed by atoms with E-state index in [0.717, 1.165) is 51.0 Å². The molecule has 0 radical (unpaired) electrons. The van der Waals surface area contributed by atoms with Gasteiger partial charge in [-0.05, 0) is 55.1 Å². The molecule has 3 fully saturated rings. The van der Waals surface area contributed by atoms with Gasteiger partial charge in [0.15, 0.2) is 0 Å². The standard InChI is InChI=1S/C21H30N2O/c1-16-4-2-3-5-19(16)15-22-8-10-23(11-9-22)21(24)14-20-13-17-6-7-18(20)12-17/h2-5,17-18,20H,6-15H2,1H3. The highest BCUT2D eigenvalue weighted by Gasteiger charge is 2.40. The predicted molar refractivity (Wildman–Crippen MR) is 96.6 cm³/mol. The van der Waals surface area contributed by atoms with Crippen molar-refractivity contribution in [2.75, 3.05) is 26.2 Å². The van der Waals surface area contributed by atoms with Crippen LogP contribution in [0, 0.1) is 24.7 Å². The average molecular weight is 326 g/mol. The van der Waals surface area contributed by atoms with Gasteiger partial charge in [0.2, 0.25) is 5.91 Å². The lowest BCUT2D eigenvalue weighted by Gasteiger charge is -2.36. The molecule has 1 saturated heterocycles.